The van der Waals surface area contributed by atoms with E-state index in [2.05, 4.69) is 231 Å². The minimum atomic E-state index is 0.341. The summed E-state index contributed by atoms with van der Waals surface area (Å²) < 4.78 is 16.0. The van der Waals surface area contributed by atoms with E-state index in [4.69, 9.17) is 9.26 Å². The maximum Gasteiger partial charge on any atom is 0.237 e. The molecule has 0 saturated carbocycles. The van der Waals surface area contributed by atoms with Gasteiger partial charge in [0.15, 0.2) is 0 Å². The molecule has 0 amide bonds. The summed E-state index contributed by atoms with van der Waals surface area (Å²) in [7, 11) is 0. The number of benzene rings is 11. The van der Waals surface area contributed by atoms with Crippen molar-refractivity contribution in [2.24, 2.45) is 0 Å². The van der Waals surface area contributed by atoms with Crippen molar-refractivity contribution >= 4 is 115 Å². The molecule has 5 heterocycles. The largest absolute Gasteiger partial charge is 0.456 e. The molecule has 0 N–H and O–H groups in total. The first-order chi connectivity index (χ1) is 38.6. The second-order valence-electron chi connectivity index (χ2n) is 20.4. The molecule has 0 unspecified atom stereocenters. The van der Waals surface area contributed by atoms with E-state index in [0.29, 0.717) is 34.0 Å². The van der Waals surface area contributed by atoms with Gasteiger partial charge in [-0.05, 0) is 89.8 Å². The maximum absolute atomic E-state index is 12.6. The molecule has 0 spiro atoms. The zero-order valence-electron chi connectivity index (χ0n) is 42.4. The summed E-state index contributed by atoms with van der Waals surface area (Å²) >= 11 is 0. The monoisotopic (exact) mass is 996 g/mol. The molecule has 0 aliphatic heterocycles. The van der Waals surface area contributed by atoms with Crippen LogP contribution in [0, 0.1) is 17.9 Å². The number of nitrogens with zero attached hydrogens (tertiary/aromatic N) is 6. The molecule has 78 heavy (non-hydrogen) atoms. The van der Waals surface area contributed by atoms with Gasteiger partial charge in [0.1, 0.15) is 17.2 Å². The minimum absolute atomic E-state index is 0.341. The average Bonchev–Trinajstić information content (AvgIpc) is 4.48. The smallest absolute Gasteiger partial charge is 0.237 e. The predicted octanol–water partition coefficient (Wildman–Crippen LogP) is 19.0. The van der Waals surface area contributed by atoms with Crippen LogP contribution in [-0.4, -0.2) is 18.3 Å². The summed E-state index contributed by atoms with van der Waals surface area (Å²) in [5.41, 5.74) is 15.7. The quantitative estimate of drug-likeness (QED) is 0.149. The van der Waals surface area contributed by atoms with E-state index in [1.807, 2.05) is 24.3 Å². The third-order valence-electron chi connectivity index (χ3n) is 16.3. The highest BCUT2D eigenvalue weighted by Crippen LogP contribution is 2.53. The summed E-state index contributed by atoms with van der Waals surface area (Å²) in [6.07, 6.45) is 1.98. The number of fused-ring (bicyclic) bond motifs is 16. The second-order valence-corrected chi connectivity index (χ2v) is 20.4. The number of hydrogen-bond donors (Lipinski definition) is 0. The van der Waals surface area contributed by atoms with Crippen LogP contribution in [0.25, 0.3) is 148 Å². The molecule has 0 saturated heterocycles. The normalized spacial score (nSPS) is 12.0. The van der Waals surface area contributed by atoms with Crippen LogP contribution in [0.2, 0.25) is 0 Å². The first-order valence-electron chi connectivity index (χ1n) is 26.6. The Hall–Kier alpha value is -10.6. The summed E-state index contributed by atoms with van der Waals surface area (Å²) in [4.78, 5) is 4.80. The Bertz CT molecular complexity index is 5020. The molecule has 7 nitrogen and oxygen atoms in total. The van der Waals surface area contributed by atoms with Crippen LogP contribution in [0.1, 0.15) is 24.5 Å². The summed E-state index contributed by atoms with van der Waals surface area (Å²) in [6.45, 7) is 12.1. The van der Waals surface area contributed by atoms with Gasteiger partial charge in [-0.3, -0.25) is 0 Å². The SMILES string of the molecule is [C-]#[N+]c1c(-n2c3ccccc3c3ccccc32)c(C#N)c(-n2c3ccccc3c3ccccc32)c(-n2c3ccc(-c4ccccc4CCC)cc3c3ccc4oc5ccccc5c4c32)c1-n1c2ccccc2c2ccccc21. The van der Waals surface area contributed by atoms with Crippen molar-refractivity contribution in [3.63, 3.8) is 0 Å². The highest BCUT2D eigenvalue weighted by molar-refractivity contribution is 6.26. The van der Waals surface area contributed by atoms with Crippen LogP contribution < -0.4 is 0 Å². The molecule has 0 aliphatic rings. The van der Waals surface area contributed by atoms with Crippen LogP contribution in [0.5, 0.6) is 0 Å². The summed E-state index contributed by atoms with van der Waals surface area (Å²) in [5.74, 6) is 0. The molecular weight excluding hydrogens is 953 g/mol. The van der Waals surface area contributed by atoms with Crippen molar-refractivity contribution in [2.75, 3.05) is 0 Å². The molecule has 0 radical (unpaired) electrons. The van der Waals surface area contributed by atoms with Gasteiger partial charge in [0.25, 0.3) is 0 Å². The van der Waals surface area contributed by atoms with Gasteiger partial charge in [-0.15, -0.1) is 0 Å². The lowest BCUT2D eigenvalue weighted by atomic mass is 9.95. The second kappa shape index (κ2) is 16.7. The van der Waals surface area contributed by atoms with E-state index in [0.717, 1.165) is 128 Å². The van der Waals surface area contributed by atoms with Gasteiger partial charge in [0, 0.05) is 48.5 Å². The number of nitriles is 1. The number of aromatic nitrogens is 4. The molecule has 0 aliphatic carbocycles. The Balaban J connectivity index is 1.23. The Labute approximate surface area is 447 Å². The Kier molecular flexibility index (Phi) is 9.37. The fourth-order valence-corrected chi connectivity index (χ4v) is 13.3. The summed E-state index contributed by atoms with van der Waals surface area (Å²) in [6, 6.07) is 81.9. The van der Waals surface area contributed by atoms with Crippen molar-refractivity contribution < 1.29 is 4.42 Å². The highest BCUT2D eigenvalue weighted by Gasteiger charge is 2.35. The molecule has 0 bridgehead atoms. The van der Waals surface area contributed by atoms with Gasteiger partial charge in [-0.2, -0.15) is 5.26 Å². The Morgan fingerprint density at radius 3 is 1.41 bits per heavy atom. The molecular formula is C71H44N6O. The molecule has 5 aromatic heterocycles. The first kappa shape index (κ1) is 43.8. The van der Waals surface area contributed by atoms with Gasteiger partial charge in [0.2, 0.25) is 5.69 Å². The fourth-order valence-electron chi connectivity index (χ4n) is 13.3. The van der Waals surface area contributed by atoms with Crippen LogP contribution in [0.15, 0.2) is 229 Å². The number of hydrogen-bond acceptors (Lipinski definition) is 2. The minimum Gasteiger partial charge on any atom is -0.456 e. The lowest BCUT2D eigenvalue weighted by Crippen LogP contribution is -2.14. The Morgan fingerprint density at radius 1 is 0.423 bits per heavy atom. The number of furan rings is 1. The zero-order chi connectivity index (χ0) is 51.8. The molecule has 364 valence electrons. The van der Waals surface area contributed by atoms with E-state index in [1.165, 1.54) is 11.1 Å². The average molecular weight is 997 g/mol. The van der Waals surface area contributed by atoms with Crippen molar-refractivity contribution in [2.45, 2.75) is 19.8 Å². The predicted molar refractivity (Wildman–Crippen MR) is 321 cm³/mol. The fraction of sp³-hybridized carbons (Fsp3) is 0.0423. The number of aryl methyl sites for hydroxylation is 1. The zero-order valence-corrected chi connectivity index (χ0v) is 42.4. The van der Waals surface area contributed by atoms with E-state index in [9.17, 15) is 11.8 Å². The summed E-state index contributed by atoms with van der Waals surface area (Å²) in [5, 5.41) is 22.9. The van der Waals surface area contributed by atoms with Crippen molar-refractivity contribution in [3.05, 3.63) is 247 Å². The van der Waals surface area contributed by atoms with Crippen LogP contribution in [0.4, 0.5) is 5.69 Å². The van der Waals surface area contributed by atoms with Crippen LogP contribution in [0.3, 0.4) is 0 Å². The molecule has 16 aromatic rings. The van der Waals surface area contributed by atoms with Gasteiger partial charge in [-0.25, -0.2) is 4.85 Å². The topological polar surface area (TPSA) is 61.0 Å². The standard InChI is InChI=1S/C71H44N6O/c1-3-20-43-21-4-5-22-45(43)44-37-39-62-54(41-44)52-38-40-64-65(53-29-12-19-36-63(53)78-64)67(52)77(62)71-69(75-58-32-15-8-25-48(58)49-26-9-16-33-59(49)75)55(42-72)68(74-56-30-13-6-23-46(56)47-24-7-14-31-57(47)74)66(73-2)70(71)76-60-34-17-10-27-50(60)51-28-11-18-35-61(51)76/h4-19,21-41H,3,20H2,1H3. The number of para-hydroxylation sites is 7. The molecule has 0 fully saturated rings. The molecule has 11 aromatic carbocycles. The maximum atomic E-state index is 12.6. The number of rotatable bonds is 7. The van der Waals surface area contributed by atoms with E-state index >= 15 is 0 Å². The van der Waals surface area contributed by atoms with Gasteiger partial charge < -0.3 is 22.7 Å². The van der Waals surface area contributed by atoms with Gasteiger partial charge >= 0.3 is 0 Å². The third-order valence-corrected chi connectivity index (χ3v) is 16.3. The molecule has 16 rings (SSSR count). The van der Waals surface area contributed by atoms with E-state index in [1.54, 1.807) is 0 Å². The van der Waals surface area contributed by atoms with Gasteiger partial charge in [0.05, 0.1) is 84.4 Å². The lowest BCUT2D eigenvalue weighted by molar-refractivity contribution is 0.669. The van der Waals surface area contributed by atoms with Crippen molar-refractivity contribution in [1.82, 2.24) is 18.3 Å². The van der Waals surface area contributed by atoms with Crippen molar-refractivity contribution in [3.8, 4) is 39.9 Å². The third kappa shape index (κ3) is 5.90. The highest BCUT2D eigenvalue weighted by atomic mass is 16.3. The lowest BCUT2D eigenvalue weighted by Gasteiger charge is -2.27. The molecule has 0 atom stereocenters. The van der Waals surface area contributed by atoms with Crippen molar-refractivity contribution in [1.29, 1.82) is 5.26 Å². The van der Waals surface area contributed by atoms with Crippen LogP contribution >= 0.6 is 0 Å². The van der Waals surface area contributed by atoms with E-state index in [-0.39, 0.29) is 0 Å². The van der Waals surface area contributed by atoms with E-state index < -0.39 is 0 Å². The van der Waals surface area contributed by atoms with Gasteiger partial charge in [-0.1, -0.05) is 171 Å². The Morgan fingerprint density at radius 2 is 0.885 bits per heavy atom. The van der Waals surface area contributed by atoms with Crippen LogP contribution in [-0.2, 0) is 6.42 Å². The molecule has 7 heteroatoms. The first-order valence-corrected chi connectivity index (χ1v) is 26.6.